The van der Waals surface area contributed by atoms with E-state index in [0.717, 1.165) is 29.6 Å². The van der Waals surface area contributed by atoms with Gasteiger partial charge in [-0.25, -0.2) is 4.98 Å². The highest BCUT2D eigenvalue weighted by atomic mass is 16.5. The maximum atomic E-state index is 5.51. The highest BCUT2D eigenvalue weighted by Crippen LogP contribution is 2.12. The molecule has 0 bridgehead atoms. The Morgan fingerprint density at radius 2 is 2.00 bits per heavy atom. The number of oxazole rings is 1. The summed E-state index contributed by atoms with van der Waals surface area (Å²) in [5.41, 5.74) is 2.14. The van der Waals surface area contributed by atoms with Gasteiger partial charge in [0.1, 0.15) is 18.1 Å². The molecule has 1 aromatic carbocycles. The Balaban J connectivity index is 1.80. The second-order valence-electron chi connectivity index (χ2n) is 4.60. The zero-order chi connectivity index (χ0) is 14.4. The highest BCUT2D eigenvalue weighted by Gasteiger charge is 2.04. The van der Waals surface area contributed by atoms with Crippen LogP contribution in [-0.4, -0.2) is 11.6 Å². The zero-order valence-corrected chi connectivity index (χ0v) is 12.0. The number of hydrogen-bond acceptors (Lipinski definition) is 4. The molecule has 0 amide bonds. The second kappa shape index (κ2) is 6.91. The molecule has 1 aromatic heterocycles. The van der Waals surface area contributed by atoms with E-state index in [1.165, 1.54) is 5.56 Å². The first-order valence-electron chi connectivity index (χ1n) is 6.65. The molecule has 0 aliphatic carbocycles. The zero-order valence-electron chi connectivity index (χ0n) is 12.0. The van der Waals surface area contributed by atoms with Gasteiger partial charge in [-0.2, -0.15) is 0 Å². The van der Waals surface area contributed by atoms with Crippen molar-refractivity contribution in [1.82, 2.24) is 10.3 Å². The lowest BCUT2D eigenvalue weighted by atomic mass is 10.2. The third kappa shape index (κ3) is 3.96. The van der Waals surface area contributed by atoms with Crippen LogP contribution < -0.4 is 10.1 Å². The number of ether oxygens (including phenoxy) is 1. The average Bonchev–Trinajstić information content (AvgIpc) is 2.77. The predicted molar refractivity (Wildman–Crippen MR) is 78.7 cm³/mol. The summed E-state index contributed by atoms with van der Waals surface area (Å²) in [5, 5.41) is 3.31. The van der Waals surface area contributed by atoms with E-state index >= 15 is 0 Å². The van der Waals surface area contributed by atoms with Gasteiger partial charge in [-0.15, -0.1) is 0 Å². The average molecular weight is 272 g/mol. The lowest BCUT2D eigenvalue weighted by Crippen LogP contribution is -2.12. The van der Waals surface area contributed by atoms with Crippen LogP contribution in [0, 0.1) is 13.8 Å². The SMILES string of the molecule is C=CCOc1ccc(CNCc2nc(C)c(C)o2)cc1. The molecular weight excluding hydrogens is 252 g/mol. The normalized spacial score (nSPS) is 10.5. The van der Waals surface area contributed by atoms with Gasteiger partial charge in [-0.3, -0.25) is 0 Å². The van der Waals surface area contributed by atoms with Gasteiger partial charge in [0.15, 0.2) is 0 Å². The Labute approximate surface area is 119 Å². The van der Waals surface area contributed by atoms with Crippen molar-refractivity contribution in [2.24, 2.45) is 0 Å². The topological polar surface area (TPSA) is 47.3 Å². The molecule has 0 aliphatic heterocycles. The van der Waals surface area contributed by atoms with Crippen LogP contribution in [-0.2, 0) is 13.1 Å². The Morgan fingerprint density at radius 1 is 1.25 bits per heavy atom. The number of aryl methyl sites for hydroxylation is 2. The third-order valence-electron chi connectivity index (χ3n) is 2.97. The molecule has 0 unspecified atom stereocenters. The van der Waals surface area contributed by atoms with Crippen LogP contribution in [0.3, 0.4) is 0 Å². The molecule has 2 rings (SSSR count). The van der Waals surface area contributed by atoms with Crippen LogP contribution in [0.1, 0.15) is 22.9 Å². The molecule has 0 atom stereocenters. The van der Waals surface area contributed by atoms with Crippen molar-refractivity contribution >= 4 is 0 Å². The minimum Gasteiger partial charge on any atom is -0.490 e. The summed E-state index contributed by atoms with van der Waals surface area (Å²) in [6.07, 6.45) is 1.73. The molecule has 20 heavy (non-hydrogen) atoms. The second-order valence-corrected chi connectivity index (χ2v) is 4.60. The van der Waals surface area contributed by atoms with Crippen LogP contribution in [0.4, 0.5) is 0 Å². The van der Waals surface area contributed by atoms with E-state index in [2.05, 4.69) is 16.9 Å². The summed E-state index contributed by atoms with van der Waals surface area (Å²) in [6.45, 7) is 9.42. The van der Waals surface area contributed by atoms with Crippen LogP contribution >= 0.6 is 0 Å². The number of hydrogen-bond donors (Lipinski definition) is 1. The number of nitrogens with zero attached hydrogens (tertiary/aromatic N) is 1. The van der Waals surface area contributed by atoms with Gasteiger partial charge in [-0.05, 0) is 31.5 Å². The minimum atomic E-state index is 0.528. The molecular formula is C16H20N2O2. The van der Waals surface area contributed by atoms with Crippen molar-refractivity contribution in [1.29, 1.82) is 0 Å². The van der Waals surface area contributed by atoms with Gasteiger partial charge < -0.3 is 14.5 Å². The van der Waals surface area contributed by atoms with Crippen LogP contribution in [0.25, 0.3) is 0 Å². The van der Waals surface area contributed by atoms with E-state index in [-0.39, 0.29) is 0 Å². The Bertz CT molecular complexity index is 539. The monoisotopic (exact) mass is 272 g/mol. The molecule has 1 N–H and O–H groups in total. The smallest absolute Gasteiger partial charge is 0.208 e. The molecule has 0 spiro atoms. The van der Waals surface area contributed by atoms with E-state index in [0.29, 0.717) is 13.2 Å². The van der Waals surface area contributed by atoms with Crippen molar-refractivity contribution in [3.63, 3.8) is 0 Å². The summed E-state index contributed by atoms with van der Waals surface area (Å²) in [6, 6.07) is 7.99. The number of nitrogens with one attached hydrogen (secondary N) is 1. The molecule has 4 heteroatoms. The fourth-order valence-electron chi connectivity index (χ4n) is 1.79. The fraction of sp³-hybridized carbons (Fsp3) is 0.312. The van der Waals surface area contributed by atoms with E-state index in [1.807, 2.05) is 38.1 Å². The first-order chi connectivity index (χ1) is 9.69. The highest BCUT2D eigenvalue weighted by molar-refractivity contribution is 5.27. The first-order valence-corrected chi connectivity index (χ1v) is 6.65. The van der Waals surface area contributed by atoms with Crippen molar-refractivity contribution < 1.29 is 9.15 Å². The van der Waals surface area contributed by atoms with Gasteiger partial charge in [-0.1, -0.05) is 24.8 Å². The van der Waals surface area contributed by atoms with Crippen molar-refractivity contribution in [2.45, 2.75) is 26.9 Å². The largest absolute Gasteiger partial charge is 0.490 e. The predicted octanol–water partition coefficient (Wildman–Crippen LogP) is 3.15. The van der Waals surface area contributed by atoms with Crippen LogP contribution in [0.15, 0.2) is 41.3 Å². The Kier molecular flexibility index (Phi) is 4.96. The fourth-order valence-corrected chi connectivity index (χ4v) is 1.79. The van der Waals surface area contributed by atoms with Gasteiger partial charge in [0, 0.05) is 6.54 Å². The summed E-state index contributed by atoms with van der Waals surface area (Å²) < 4.78 is 10.9. The van der Waals surface area contributed by atoms with Gasteiger partial charge >= 0.3 is 0 Å². The minimum absolute atomic E-state index is 0.528. The molecule has 106 valence electrons. The molecule has 0 saturated heterocycles. The van der Waals surface area contributed by atoms with Crippen molar-refractivity contribution in [3.05, 3.63) is 59.8 Å². The number of rotatable bonds is 7. The third-order valence-corrected chi connectivity index (χ3v) is 2.97. The maximum absolute atomic E-state index is 5.51. The van der Waals surface area contributed by atoms with Crippen molar-refractivity contribution in [2.75, 3.05) is 6.61 Å². The summed E-state index contributed by atoms with van der Waals surface area (Å²) in [7, 11) is 0. The number of aromatic nitrogens is 1. The molecule has 4 nitrogen and oxygen atoms in total. The lowest BCUT2D eigenvalue weighted by molar-refractivity contribution is 0.363. The Morgan fingerprint density at radius 3 is 2.60 bits per heavy atom. The molecule has 0 aliphatic rings. The molecule has 0 radical (unpaired) electrons. The quantitative estimate of drug-likeness (QED) is 0.787. The van der Waals surface area contributed by atoms with Gasteiger partial charge in [0.25, 0.3) is 0 Å². The molecule has 1 heterocycles. The molecule has 0 saturated carbocycles. The Hall–Kier alpha value is -2.07. The molecule has 2 aromatic rings. The standard InChI is InChI=1S/C16H20N2O2/c1-4-9-19-15-7-5-14(6-8-15)10-17-11-16-18-12(2)13(3)20-16/h4-8,17H,1,9-11H2,2-3H3. The van der Waals surface area contributed by atoms with E-state index < -0.39 is 0 Å². The van der Waals surface area contributed by atoms with Gasteiger partial charge in [0.2, 0.25) is 5.89 Å². The first kappa shape index (κ1) is 14.3. The summed E-state index contributed by atoms with van der Waals surface area (Å²) in [5.74, 6) is 2.46. The maximum Gasteiger partial charge on any atom is 0.208 e. The summed E-state index contributed by atoms with van der Waals surface area (Å²) >= 11 is 0. The summed E-state index contributed by atoms with van der Waals surface area (Å²) in [4.78, 5) is 4.33. The van der Waals surface area contributed by atoms with Crippen molar-refractivity contribution in [3.8, 4) is 5.75 Å². The van der Waals surface area contributed by atoms with E-state index in [9.17, 15) is 0 Å². The van der Waals surface area contributed by atoms with E-state index in [1.54, 1.807) is 6.08 Å². The van der Waals surface area contributed by atoms with Crippen LogP contribution in [0.5, 0.6) is 5.75 Å². The molecule has 0 fully saturated rings. The van der Waals surface area contributed by atoms with Crippen LogP contribution in [0.2, 0.25) is 0 Å². The van der Waals surface area contributed by atoms with Gasteiger partial charge in [0.05, 0.1) is 12.2 Å². The van der Waals surface area contributed by atoms with E-state index in [4.69, 9.17) is 9.15 Å². The lowest BCUT2D eigenvalue weighted by Gasteiger charge is -2.05. The number of benzene rings is 1.